The molecule has 1 amide bonds. The van der Waals surface area contributed by atoms with Crippen molar-refractivity contribution in [2.24, 2.45) is 0 Å². The number of aromatic nitrogens is 2. The van der Waals surface area contributed by atoms with Crippen LogP contribution in [0, 0.1) is 0 Å². The van der Waals surface area contributed by atoms with Gasteiger partial charge in [0.15, 0.2) is 0 Å². The van der Waals surface area contributed by atoms with Crippen LogP contribution in [0.4, 0.5) is 24.5 Å². The summed E-state index contributed by atoms with van der Waals surface area (Å²) in [6.07, 6.45) is 1.20. The summed E-state index contributed by atoms with van der Waals surface area (Å²) in [5, 5.41) is 2.85. The second-order valence-corrected chi connectivity index (χ2v) is 10.3. The Morgan fingerprint density at radius 1 is 1.03 bits per heavy atom. The normalized spacial score (nSPS) is 21.1. The molecule has 1 aromatic carbocycles. The van der Waals surface area contributed by atoms with Gasteiger partial charge in [0.2, 0.25) is 0 Å². The number of piperazine rings is 1. The highest BCUT2D eigenvalue weighted by atomic mass is 32.1. The number of alkyl halides is 3. The van der Waals surface area contributed by atoms with E-state index in [0.29, 0.717) is 49.5 Å². The quantitative estimate of drug-likeness (QED) is 0.473. The van der Waals surface area contributed by atoms with Gasteiger partial charge in [-0.05, 0) is 50.1 Å². The molecule has 0 bridgehead atoms. The van der Waals surface area contributed by atoms with Gasteiger partial charge >= 0.3 is 6.18 Å². The fraction of sp³-hybridized carbons (Fsp3) is 0.423. The smallest absolute Gasteiger partial charge is 0.369 e. The Labute approximate surface area is 212 Å². The van der Waals surface area contributed by atoms with Gasteiger partial charge in [-0.25, -0.2) is 4.98 Å². The average molecular weight is 516 g/mol. The number of hydrogen-bond acceptors (Lipinski definition) is 6. The molecule has 2 saturated heterocycles. The van der Waals surface area contributed by atoms with Crippen LogP contribution < -0.4 is 9.80 Å². The van der Waals surface area contributed by atoms with Crippen molar-refractivity contribution in [2.75, 3.05) is 42.5 Å². The molecule has 0 N–H and O–H groups in total. The standard InChI is InChI=1S/C26H28F3N5OS/c1-18-15-19(7-10-34(18)21-5-8-30-9-6-21)24-31-23(17-36-24)25(35)33-13-11-32(12-14-33)22-4-2-3-20(16-22)26(27,28)29/h2-6,8-9,16-19H,7,10-15H2,1H3. The van der Waals surface area contributed by atoms with Crippen molar-refractivity contribution in [1.29, 1.82) is 0 Å². The molecule has 4 heterocycles. The van der Waals surface area contributed by atoms with E-state index in [9.17, 15) is 18.0 Å². The van der Waals surface area contributed by atoms with Gasteiger partial charge in [-0.3, -0.25) is 9.78 Å². The minimum Gasteiger partial charge on any atom is -0.369 e. The lowest BCUT2D eigenvalue weighted by atomic mass is 9.91. The summed E-state index contributed by atoms with van der Waals surface area (Å²) in [5.41, 5.74) is 1.51. The molecule has 5 rings (SSSR count). The van der Waals surface area contributed by atoms with Crippen molar-refractivity contribution in [3.63, 3.8) is 0 Å². The minimum absolute atomic E-state index is 0.108. The van der Waals surface area contributed by atoms with Crippen molar-refractivity contribution in [3.8, 4) is 0 Å². The first-order valence-corrected chi connectivity index (χ1v) is 13.0. The van der Waals surface area contributed by atoms with Gasteiger partial charge < -0.3 is 14.7 Å². The summed E-state index contributed by atoms with van der Waals surface area (Å²) >= 11 is 1.54. The molecule has 2 aliphatic heterocycles. The van der Waals surface area contributed by atoms with Crippen LogP contribution in [0.15, 0.2) is 54.2 Å². The van der Waals surface area contributed by atoms with Gasteiger partial charge in [0, 0.05) is 73.8 Å². The van der Waals surface area contributed by atoms with E-state index >= 15 is 0 Å². The lowest BCUT2D eigenvalue weighted by molar-refractivity contribution is -0.137. The van der Waals surface area contributed by atoms with Gasteiger partial charge in [0.1, 0.15) is 5.69 Å². The summed E-state index contributed by atoms with van der Waals surface area (Å²) in [6.45, 7) is 5.00. The number of thiazole rings is 1. The molecule has 2 atom stereocenters. The third kappa shape index (κ3) is 5.18. The molecule has 10 heteroatoms. The first-order valence-electron chi connectivity index (χ1n) is 12.1. The van der Waals surface area contributed by atoms with E-state index in [1.807, 2.05) is 34.8 Å². The molecule has 36 heavy (non-hydrogen) atoms. The Morgan fingerprint density at radius 2 is 1.78 bits per heavy atom. The van der Waals surface area contributed by atoms with Gasteiger partial charge in [-0.2, -0.15) is 13.2 Å². The lowest BCUT2D eigenvalue weighted by Gasteiger charge is -2.38. The average Bonchev–Trinajstić information content (AvgIpc) is 3.39. The Bertz CT molecular complexity index is 1190. The van der Waals surface area contributed by atoms with Gasteiger partial charge in [-0.1, -0.05) is 6.07 Å². The minimum atomic E-state index is -4.37. The molecule has 0 saturated carbocycles. The van der Waals surface area contributed by atoms with Crippen molar-refractivity contribution < 1.29 is 18.0 Å². The summed E-state index contributed by atoms with van der Waals surface area (Å²) < 4.78 is 39.2. The van der Waals surface area contributed by atoms with E-state index in [4.69, 9.17) is 4.98 Å². The lowest BCUT2D eigenvalue weighted by Crippen LogP contribution is -2.49. The Morgan fingerprint density at radius 3 is 2.47 bits per heavy atom. The maximum Gasteiger partial charge on any atom is 0.416 e. The van der Waals surface area contributed by atoms with Crippen LogP contribution in [0.5, 0.6) is 0 Å². The van der Waals surface area contributed by atoms with E-state index in [1.54, 1.807) is 22.3 Å². The number of hydrogen-bond donors (Lipinski definition) is 0. The monoisotopic (exact) mass is 515 g/mol. The number of benzene rings is 1. The van der Waals surface area contributed by atoms with Crippen molar-refractivity contribution in [3.05, 3.63) is 70.4 Å². The molecular weight excluding hydrogens is 487 g/mol. The molecule has 190 valence electrons. The van der Waals surface area contributed by atoms with E-state index < -0.39 is 11.7 Å². The number of carbonyl (C=O) groups is 1. The number of pyridine rings is 1. The van der Waals surface area contributed by atoms with E-state index in [-0.39, 0.29) is 5.91 Å². The highest BCUT2D eigenvalue weighted by Crippen LogP contribution is 2.36. The molecule has 2 aliphatic rings. The molecule has 0 aliphatic carbocycles. The number of rotatable bonds is 4. The third-order valence-electron chi connectivity index (χ3n) is 7.07. The number of amides is 1. The van der Waals surface area contributed by atoms with Gasteiger partial charge in [0.05, 0.1) is 10.6 Å². The number of nitrogens with zero attached hydrogens (tertiary/aromatic N) is 5. The topological polar surface area (TPSA) is 52.6 Å². The van der Waals surface area contributed by atoms with Crippen molar-refractivity contribution in [1.82, 2.24) is 14.9 Å². The number of halogens is 3. The second kappa shape index (κ2) is 10.1. The summed E-state index contributed by atoms with van der Waals surface area (Å²) in [5.74, 6) is 0.214. The highest BCUT2D eigenvalue weighted by molar-refractivity contribution is 7.09. The van der Waals surface area contributed by atoms with E-state index in [0.717, 1.165) is 30.5 Å². The summed E-state index contributed by atoms with van der Waals surface area (Å²) in [7, 11) is 0. The fourth-order valence-electron chi connectivity index (χ4n) is 5.10. The molecule has 6 nitrogen and oxygen atoms in total. The fourth-order valence-corrected chi connectivity index (χ4v) is 6.04. The summed E-state index contributed by atoms with van der Waals surface area (Å²) in [4.78, 5) is 28.0. The van der Waals surface area contributed by atoms with Gasteiger partial charge in [-0.15, -0.1) is 11.3 Å². The number of anilines is 2. The third-order valence-corrected chi connectivity index (χ3v) is 8.07. The maximum atomic E-state index is 13.1. The zero-order chi connectivity index (χ0) is 25.3. The molecule has 2 unspecified atom stereocenters. The predicted octanol–water partition coefficient (Wildman–Crippen LogP) is 5.29. The van der Waals surface area contributed by atoms with Crippen LogP contribution in [-0.4, -0.2) is 59.5 Å². The van der Waals surface area contributed by atoms with Crippen LogP contribution in [-0.2, 0) is 6.18 Å². The molecule has 2 aromatic heterocycles. The molecular formula is C26H28F3N5OS. The zero-order valence-electron chi connectivity index (χ0n) is 20.0. The molecule has 0 radical (unpaired) electrons. The number of carbonyl (C=O) groups excluding carboxylic acids is 1. The predicted molar refractivity (Wildman–Crippen MR) is 135 cm³/mol. The van der Waals surface area contributed by atoms with Crippen LogP contribution in [0.1, 0.15) is 46.7 Å². The van der Waals surface area contributed by atoms with Crippen LogP contribution in [0.2, 0.25) is 0 Å². The molecule has 3 aromatic rings. The number of piperidine rings is 1. The second-order valence-electron chi connectivity index (χ2n) is 9.37. The molecule has 0 spiro atoms. The first kappa shape index (κ1) is 24.5. The Hall–Kier alpha value is -3.14. The SMILES string of the molecule is CC1CC(c2nc(C(=O)N3CCN(c4cccc(C(F)(F)F)c4)CC3)cs2)CCN1c1ccncc1. The van der Waals surface area contributed by atoms with Gasteiger partial charge in [0.25, 0.3) is 5.91 Å². The summed E-state index contributed by atoms with van der Waals surface area (Å²) in [6, 6.07) is 9.78. The van der Waals surface area contributed by atoms with Crippen LogP contribution in [0.25, 0.3) is 0 Å². The highest BCUT2D eigenvalue weighted by Gasteiger charge is 2.32. The van der Waals surface area contributed by atoms with Crippen LogP contribution in [0.3, 0.4) is 0 Å². The zero-order valence-corrected chi connectivity index (χ0v) is 20.8. The maximum absolute atomic E-state index is 13.1. The molecule has 2 fully saturated rings. The largest absolute Gasteiger partial charge is 0.416 e. The van der Waals surface area contributed by atoms with Crippen molar-refractivity contribution >= 4 is 28.6 Å². The van der Waals surface area contributed by atoms with Crippen LogP contribution >= 0.6 is 11.3 Å². The van der Waals surface area contributed by atoms with E-state index in [1.165, 1.54) is 17.8 Å². The van der Waals surface area contributed by atoms with E-state index in [2.05, 4.69) is 16.8 Å². The Kier molecular flexibility index (Phi) is 6.87. The van der Waals surface area contributed by atoms with Crippen molar-refractivity contribution in [2.45, 2.75) is 37.9 Å². The first-order chi connectivity index (χ1) is 17.3. The Balaban J connectivity index is 1.18.